The van der Waals surface area contributed by atoms with Gasteiger partial charge in [-0.2, -0.15) is 0 Å². The number of fused-ring (bicyclic) bond motifs is 1. The molecule has 1 heterocycles. The van der Waals surface area contributed by atoms with Crippen LogP contribution in [0.5, 0.6) is 0 Å². The van der Waals surface area contributed by atoms with Crippen LogP contribution in [0.25, 0.3) is 10.4 Å². The fraction of sp³-hybridized carbons (Fsp3) is 1.00. The molecule has 0 aromatic carbocycles. The standard InChI is InChI=1S/C6H9N3O2/c7-9-8-3-1-5-6(11-5)2-4(3)10/h3-6,10H,1-2H2/t3-,4-,5+,6-/m0/s1. The highest BCUT2D eigenvalue weighted by Crippen LogP contribution is 2.37. The molecule has 0 aromatic heterocycles. The van der Waals surface area contributed by atoms with Crippen LogP contribution in [0.1, 0.15) is 12.8 Å². The van der Waals surface area contributed by atoms with E-state index >= 15 is 0 Å². The number of aliphatic hydroxyl groups excluding tert-OH is 1. The summed E-state index contributed by atoms with van der Waals surface area (Å²) in [6, 6.07) is -0.274. The molecule has 2 aliphatic rings. The first-order chi connectivity index (χ1) is 5.31. The van der Waals surface area contributed by atoms with E-state index in [9.17, 15) is 5.11 Å². The molecule has 1 N–H and O–H groups in total. The van der Waals surface area contributed by atoms with Crippen LogP contribution >= 0.6 is 0 Å². The second kappa shape index (κ2) is 2.37. The molecule has 2 fully saturated rings. The number of aliphatic hydroxyl groups is 1. The quantitative estimate of drug-likeness (QED) is 0.260. The molecule has 60 valence electrons. The number of hydrogen-bond acceptors (Lipinski definition) is 3. The molecule has 0 aromatic rings. The van der Waals surface area contributed by atoms with Crippen LogP contribution in [0.4, 0.5) is 0 Å². The van der Waals surface area contributed by atoms with Crippen molar-refractivity contribution in [1.82, 2.24) is 0 Å². The number of hydrogen-bond donors (Lipinski definition) is 1. The van der Waals surface area contributed by atoms with Crippen molar-refractivity contribution >= 4 is 0 Å². The third-order valence-electron chi connectivity index (χ3n) is 2.28. The van der Waals surface area contributed by atoms with E-state index < -0.39 is 6.10 Å². The molecule has 1 saturated carbocycles. The molecule has 4 atom stereocenters. The van der Waals surface area contributed by atoms with Crippen LogP contribution in [-0.2, 0) is 4.74 Å². The van der Waals surface area contributed by atoms with Gasteiger partial charge in [0.25, 0.3) is 0 Å². The summed E-state index contributed by atoms with van der Waals surface area (Å²) in [7, 11) is 0. The van der Waals surface area contributed by atoms with Gasteiger partial charge < -0.3 is 9.84 Å². The Morgan fingerprint density at radius 1 is 1.45 bits per heavy atom. The molecule has 0 radical (unpaired) electrons. The monoisotopic (exact) mass is 155 g/mol. The van der Waals surface area contributed by atoms with Gasteiger partial charge in [-0.15, -0.1) is 0 Å². The average molecular weight is 155 g/mol. The molecule has 0 unspecified atom stereocenters. The van der Waals surface area contributed by atoms with Gasteiger partial charge in [0.1, 0.15) is 0 Å². The van der Waals surface area contributed by atoms with E-state index in [4.69, 9.17) is 10.3 Å². The molecule has 11 heavy (non-hydrogen) atoms. The summed E-state index contributed by atoms with van der Waals surface area (Å²) in [5.41, 5.74) is 8.14. The maximum Gasteiger partial charge on any atom is 0.0866 e. The Morgan fingerprint density at radius 2 is 2.18 bits per heavy atom. The molecular weight excluding hydrogens is 146 g/mol. The van der Waals surface area contributed by atoms with Gasteiger partial charge in [-0.1, -0.05) is 5.11 Å². The predicted molar refractivity (Wildman–Crippen MR) is 36.8 cm³/mol. The Balaban J connectivity index is 2.02. The summed E-state index contributed by atoms with van der Waals surface area (Å²) >= 11 is 0. The molecule has 0 spiro atoms. The van der Waals surface area contributed by atoms with Crippen LogP contribution in [-0.4, -0.2) is 29.5 Å². The smallest absolute Gasteiger partial charge is 0.0866 e. The second-order valence-electron chi connectivity index (χ2n) is 3.02. The SMILES string of the molecule is [N-]=[N+]=N[C@H]1C[C@H]2O[C@H]2C[C@@H]1O. The van der Waals surface area contributed by atoms with Crippen molar-refractivity contribution in [3.63, 3.8) is 0 Å². The van der Waals surface area contributed by atoms with Crippen molar-refractivity contribution in [2.24, 2.45) is 5.11 Å². The van der Waals surface area contributed by atoms with Gasteiger partial charge in [0, 0.05) is 11.3 Å². The van der Waals surface area contributed by atoms with Gasteiger partial charge in [-0.05, 0) is 12.0 Å². The lowest BCUT2D eigenvalue weighted by atomic mass is 9.93. The molecule has 0 bridgehead atoms. The maximum atomic E-state index is 9.35. The van der Waals surface area contributed by atoms with E-state index in [-0.39, 0.29) is 18.2 Å². The Bertz CT molecular complexity index is 214. The van der Waals surface area contributed by atoms with E-state index in [1.54, 1.807) is 0 Å². The van der Waals surface area contributed by atoms with E-state index in [1.165, 1.54) is 0 Å². The Kier molecular flexibility index (Phi) is 1.49. The Hall–Kier alpha value is -0.770. The molecular formula is C6H9N3O2. The van der Waals surface area contributed by atoms with Crippen molar-refractivity contribution in [2.75, 3.05) is 0 Å². The van der Waals surface area contributed by atoms with Gasteiger partial charge in [0.05, 0.1) is 24.4 Å². The van der Waals surface area contributed by atoms with Crippen molar-refractivity contribution in [3.05, 3.63) is 10.4 Å². The van der Waals surface area contributed by atoms with E-state index in [1.807, 2.05) is 0 Å². The minimum absolute atomic E-state index is 0.232. The zero-order chi connectivity index (χ0) is 7.84. The molecule has 2 rings (SSSR count). The lowest BCUT2D eigenvalue weighted by molar-refractivity contribution is 0.118. The minimum Gasteiger partial charge on any atom is -0.393 e. The highest BCUT2D eigenvalue weighted by Gasteiger charge is 2.47. The van der Waals surface area contributed by atoms with E-state index in [0.29, 0.717) is 12.8 Å². The Morgan fingerprint density at radius 3 is 2.91 bits per heavy atom. The summed E-state index contributed by atoms with van der Waals surface area (Å²) in [6.45, 7) is 0. The zero-order valence-electron chi connectivity index (χ0n) is 5.92. The van der Waals surface area contributed by atoms with Crippen molar-refractivity contribution in [1.29, 1.82) is 0 Å². The normalized spacial score (nSPS) is 47.4. The van der Waals surface area contributed by atoms with Crippen LogP contribution in [0.15, 0.2) is 5.11 Å². The highest BCUT2D eigenvalue weighted by molar-refractivity contribution is 4.99. The van der Waals surface area contributed by atoms with Gasteiger partial charge in [0.2, 0.25) is 0 Å². The Labute approximate surface area is 63.6 Å². The first kappa shape index (κ1) is 6.91. The number of azide groups is 1. The van der Waals surface area contributed by atoms with Gasteiger partial charge in [0.15, 0.2) is 0 Å². The lowest BCUT2D eigenvalue weighted by Gasteiger charge is -2.19. The third-order valence-corrected chi connectivity index (χ3v) is 2.28. The summed E-state index contributed by atoms with van der Waals surface area (Å²) in [4.78, 5) is 2.67. The van der Waals surface area contributed by atoms with Crippen LogP contribution in [0.3, 0.4) is 0 Å². The van der Waals surface area contributed by atoms with Crippen LogP contribution < -0.4 is 0 Å². The largest absolute Gasteiger partial charge is 0.393 e. The fourth-order valence-electron chi connectivity index (χ4n) is 1.57. The summed E-state index contributed by atoms with van der Waals surface area (Å²) in [5, 5.41) is 12.8. The molecule has 1 saturated heterocycles. The molecule has 5 heteroatoms. The fourth-order valence-corrected chi connectivity index (χ4v) is 1.57. The van der Waals surface area contributed by atoms with Crippen LogP contribution in [0.2, 0.25) is 0 Å². The summed E-state index contributed by atoms with van der Waals surface area (Å²) < 4.78 is 5.18. The number of nitrogens with zero attached hydrogens (tertiary/aromatic N) is 3. The molecule has 1 aliphatic carbocycles. The number of epoxide rings is 1. The molecule has 5 nitrogen and oxygen atoms in total. The first-order valence-electron chi connectivity index (χ1n) is 3.69. The number of ether oxygens (including phenoxy) is 1. The van der Waals surface area contributed by atoms with E-state index in [0.717, 1.165) is 0 Å². The average Bonchev–Trinajstić information content (AvgIpc) is 2.67. The lowest BCUT2D eigenvalue weighted by Crippen LogP contribution is -2.31. The highest BCUT2D eigenvalue weighted by atomic mass is 16.6. The maximum absolute atomic E-state index is 9.35. The third kappa shape index (κ3) is 1.18. The first-order valence-corrected chi connectivity index (χ1v) is 3.69. The zero-order valence-corrected chi connectivity index (χ0v) is 5.92. The van der Waals surface area contributed by atoms with Crippen LogP contribution in [0, 0.1) is 0 Å². The minimum atomic E-state index is -0.505. The van der Waals surface area contributed by atoms with Gasteiger partial charge in [-0.25, -0.2) is 0 Å². The van der Waals surface area contributed by atoms with Crippen molar-refractivity contribution in [2.45, 2.75) is 37.2 Å². The van der Waals surface area contributed by atoms with Crippen molar-refractivity contribution in [3.8, 4) is 0 Å². The van der Waals surface area contributed by atoms with Gasteiger partial charge >= 0.3 is 0 Å². The van der Waals surface area contributed by atoms with Gasteiger partial charge in [-0.3, -0.25) is 0 Å². The second-order valence-corrected chi connectivity index (χ2v) is 3.02. The summed E-state index contributed by atoms with van der Waals surface area (Å²) in [6.07, 6.45) is 1.27. The van der Waals surface area contributed by atoms with E-state index in [2.05, 4.69) is 10.0 Å². The topological polar surface area (TPSA) is 81.5 Å². The van der Waals surface area contributed by atoms with Crippen molar-refractivity contribution < 1.29 is 9.84 Å². The molecule has 0 amide bonds. The summed E-state index contributed by atoms with van der Waals surface area (Å²) in [5.74, 6) is 0. The number of rotatable bonds is 1. The molecule has 1 aliphatic heterocycles. The predicted octanol–water partition coefficient (Wildman–Crippen LogP) is 0.587.